The zero-order valence-corrected chi connectivity index (χ0v) is 19.5. The molecule has 0 amide bonds. The molecule has 0 bridgehead atoms. The first-order valence-electron chi connectivity index (χ1n) is 9.63. The number of carbonyl (C=O) groups is 1. The minimum atomic E-state index is -0.973. The molecular formula is C24H21Cl2N3O3. The van der Waals surface area contributed by atoms with Crippen molar-refractivity contribution in [2.45, 2.75) is 20.8 Å². The highest BCUT2D eigenvalue weighted by molar-refractivity contribution is 6.37. The minimum Gasteiger partial charge on any atom is -0.495 e. The first-order chi connectivity index (χ1) is 15.0. The summed E-state index contributed by atoms with van der Waals surface area (Å²) >= 11 is 12.5. The number of rotatable bonds is 5. The van der Waals surface area contributed by atoms with Gasteiger partial charge in [-0.25, -0.2) is 4.79 Å². The third-order valence-corrected chi connectivity index (χ3v) is 5.47. The van der Waals surface area contributed by atoms with Gasteiger partial charge in [-0.05, 0) is 29.2 Å². The number of halogens is 2. The summed E-state index contributed by atoms with van der Waals surface area (Å²) in [6, 6.07) is 10.7. The highest BCUT2D eigenvalue weighted by Gasteiger charge is 2.23. The van der Waals surface area contributed by atoms with Crippen molar-refractivity contribution in [2.24, 2.45) is 5.41 Å². The van der Waals surface area contributed by atoms with Crippen molar-refractivity contribution in [2.75, 3.05) is 12.4 Å². The number of nitrogens with one attached hydrogen (secondary N) is 1. The van der Waals surface area contributed by atoms with Crippen LogP contribution < -0.4 is 10.1 Å². The van der Waals surface area contributed by atoms with Crippen LogP contribution in [0, 0.1) is 16.7 Å². The van der Waals surface area contributed by atoms with Gasteiger partial charge in [0.2, 0.25) is 0 Å². The van der Waals surface area contributed by atoms with Crippen LogP contribution in [0.15, 0.2) is 42.1 Å². The van der Waals surface area contributed by atoms with Gasteiger partial charge in [0.25, 0.3) is 0 Å². The molecule has 0 aliphatic rings. The van der Waals surface area contributed by atoms with Crippen molar-refractivity contribution in [3.8, 4) is 11.8 Å². The Morgan fingerprint density at radius 2 is 1.94 bits per heavy atom. The van der Waals surface area contributed by atoms with Crippen LogP contribution in [-0.2, 0) is 4.79 Å². The Morgan fingerprint density at radius 1 is 1.22 bits per heavy atom. The largest absolute Gasteiger partial charge is 0.495 e. The topological polar surface area (TPSA) is 95.2 Å². The van der Waals surface area contributed by atoms with Crippen LogP contribution in [0.2, 0.25) is 10.0 Å². The first kappa shape index (κ1) is 23.4. The minimum absolute atomic E-state index is 0.281. The van der Waals surface area contributed by atoms with Gasteiger partial charge in [0.1, 0.15) is 11.8 Å². The molecular weight excluding hydrogens is 449 g/mol. The molecule has 0 atom stereocenters. The Balaban J connectivity index is 2.14. The van der Waals surface area contributed by atoms with Gasteiger partial charge < -0.3 is 15.2 Å². The van der Waals surface area contributed by atoms with E-state index in [4.69, 9.17) is 27.9 Å². The number of hydrogen-bond acceptors (Lipinski definition) is 5. The lowest BCUT2D eigenvalue weighted by atomic mass is 9.85. The number of nitrogens with zero attached hydrogens (tertiary/aromatic N) is 2. The third-order valence-electron chi connectivity index (χ3n) is 4.86. The van der Waals surface area contributed by atoms with Crippen molar-refractivity contribution >= 4 is 57.5 Å². The fourth-order valence-electron chi connectivity index (χ4n) is 3.20. The number of pyridine rings is 1. The van der Waals surface area contributed by atoms with Gasteiger partial charge in [0, 0.05) is 23.2 Å². The number of aromatic nitrogens is 1. The first-order valence-corrected chi connectivity index (χ1v) is 10.4. The van der Waals surface area contributed by atoms with Crippen molar-refractivity contribution < 1.29 is 14.6 Å². The number of benzene rings is 2. The maximum atomic E-state index is 11.7. The number of nitriles is 1. The number of fused-ring (bicyclic) bond motifs is 1. The van der Waals surface area contributed by atoms with E-state index in [1.54, 1.807) is 36.4 Å². The van der Waals surface area contributed by atoms with Gasteiger partial charge in [0.05, 0.1) is 39.6 Å². The van der Waals surface area contributed by atoms with Gasteiger partial charge >= 0.3 is 5.97 Å². The summed E-state index contributed by atoms with van der Waals surface area (Å²) in [7, 11) is 1.50. The number of anilines is 2. The lowest BCUT2D eigenvalue weighted by Crippen LogP contribution is -2.17. The average Bonchev–Trinajstić information content (AvgIpc) is 2.72. The molecule has 1 aromatic heterocycles. The normalized spacial score (nSPS) is 11.8. The third kappa shape index (κ3) is 4.80. The summed E-state index contributed by atoms with van der Waals surface area (Å²) in [4.78, 5) is 16.1. The van der Waals surface area contributed by atoms with E-state index < -0.39 is 11.4 Å². The van der Waals surface area contributed by atoms with E-state index in [0.717, 1.165) is 0 Å². The lowest BCUT2D eigenvalue weighted by molar-refractivity contribution is -0.133. The standard InChI is InChI=1S/C24H21Cl2N3O3/c1-24(2,3)16(23(30)31)7-13-5-6-15-19(8-13)28-12-14(11-27)22(15)29-20-10-21(32-4)18(26)9-17(20)25/h5-10,12H,1-4H3,(H,28,29)(H,30,31)/b16-7-. The SMILES string of the molecule is COc1cc(Nc2c(C#N)cnc3cc(/C=C(/C(=O)O)C(C)(C)C)ccc23)c(Cl)cc1Cl. The molecule has 32 heavy (non-hydrogen) atoms. The molecule has 0 saturated carbocycles. The number of hydrogen-bond donors (Lipinski definition) is 2. The molecule has 0 aliphatic carbocycles. The molecule has 3 rings (SSSR count). The number of ether oxygens (including phenoxy) is 1. The van der Waals surface area contributed by atoms with Gasteiger partial charge in [0.15, 0.2) is 0 Å². The molecule has 8 heteroatoms. The molecule has 1 heterocycles. The second kappa shape index (κ2) is 9.07. The molecule has 0 spiro atoms. The molecule has 3 aromatic rings. The second-order valence-corrected chi connectivity index (χ2v) is 8.95. The van der Waals surface area contributed by atoms with Crippen molar-refractivity contribution in [3.05, 3.63) is 63.3 Å². The van der Waals surface area contributed by atoms with E-state index in [0.29, 0.717) is 49.2 Å². The average molecular weight is 470 g/mol. The summed E-state index contributed by atoms with van der Waals surface area (Å²) in [5, 5.41) is 23.8. The van der Waals surface area contributed by atoms with Crippen molar-refractivity contribution in [1.29, 1.82) is 5.26 Å². The lowest BCUT2D eigenvalue weighted by Gasteiger charge is -2.19. The summed E-state index contributed by atoms with van der Waals surface area (Å²) in [5.41, 5.74) is 2.40. The van der Waals surface area contributed by atoms with E-state index in [1.807, 2.05) is 20.8 Å². The highest BCUT2D eigenvalue weighted by atomic mass is 35.5. The van der Waals surface area contributed by atoms with Gasteiger partial charge in [-0.1, -0.05) is 56.1 Å². The molecule has 0 radical (unpaired) electrons. The number of carboxylic acids is 1. The molecule has 0 aliphatic heterocycles. The molecule has 0 fully saturated rings. The Bertz CT molecular complexity index is 1290. The van der Waals surface area contributed by atoms with Crippen LogP contribution in [0.25, 0.3) is 17.0 Å². The van der Waals surface area contributed by atoms with Crippen LogP contribution >= 0.6 is 23.2 Å². The predicted octanol–water partition coefficient (Wildman–Crippen LogP) is 6.68. The van der Waals surface area contributed by atoms with Crippen LogP contribution in [-0.4, -0.2) is 23.2 Å². The maximum Gasteiger partial charge on any atom is 0.332 e. The Morgan fingerprint density at radius 3 is 2.53 bits per heavy atom. The predicted molar refractivity (Wildman–Crippen MR) is 128 cm³/mol. The molecule has 2 N–H and O–H groups in total. The van der Waals surface area contributed by atoms with Crippen molar-refractivity contribution in [1.82, 2.24) is 4.98 Å². The zero-order valence-electron chi connectivity index (χ0n) is 18.0. The Labute approximate surface area is 196 Å². The Hall–Kier alpha value is -3.27. The fourth-order valence-corrected chi connectivity index (χ4v) is 3.71. The summed E-state index contributed by atoms with van der Waals surface area (Å²) in [6.07, 6.45) is 3.09. The maximum absolute atomic E-state index is 11.7. The smallest absolute Gasteiger partial charge is 0.332 e. The molecule has 0 saturated heterocycles. The monoisotopic (exact) mass is 469 g/mol. The van der Waals surface area contributed by atoms with Gasteiger partial charge in [-0.2, -0.15) is 5.26 Å². The quantitative estimate of drug-likeness (QED) is 0.404. The number of carboxylic acid groups (broad SMARTS) is 1. The van der Waals surface area contributed by atoms with Crippen LogP contribution in [0.4, 0.5) is 11.4 Å². The van der Waals surface area contributed by atoms with E-state index >= 15 is 0 Å². The Kier molecular flexibility index (Phi) is 6.63. The molecule has 6 nitrogen and oxygen atoms in total. The molecule has 164 valence electrons. The van der Waals surface area contributed by atoms with Gasteiger partial charge in [-0.3, -0.25) is 4.98 Å². The van der Waals surface area contributed by atoms with Crippen LogP contribution in [0.3, 0.4) is 0 Å². The summed E-state index contributed by atoms with van der Waals surface area (Å²) in [5.74, 6) is -0.537. The molecule has 2 aromatic carbocycles. The van der Waals surface area contributed by atoms with Crippen LogP contribution in [0.5, 0.6) is 5.75 Å². The van der Waals surface area contributed by atoms with E-state index in [2.05, 4.69) is 16.4 Å². The molecule has 0 unspecified atom stereocenters. The van der Waals surface area contributed by atoms with Gasteiger partial charge in [-0.15, -0.1) is 0 Å². The van der Waals surface area contributed by atoms with E-state index in [1.165, 1.54) is 13.3 Å². The van der Waals surface area contributed by atoms with Crippen molar-refractivity contribution in [3.63, 3.8) is 0 Å². The highest BCUT2D eigenvalue weighted by Crippen LogP contribution is 2.38. The second-order valence-electron chi connectivity index (χ2n) is 8.14. The number of methoxy groups -OCH3 is 1. The van der Waals surface area contributed by atoms with Crippen LogP contribution in [0.1, 0.15) is 31.9 Å². The fraction of sp³-hybridized carbons (Fsp3) is 0.208. The summed E-state index contributed by atoms with van der Waals surface area (Å²) < 4.78 is 5.26. The van der Waals surface area contributed by atoms with E-state index in [9.17, 15) is 15.2 Å². The van der Waals surface area contributed by atoms with E-state index in [-0.39, 0.29) is 5.57 Å². The summed E-state index contributed by atoms with van der Waals surface area (Å²) in [6.45, 7) is 5.53. The zero-order chi connectivity index (χ0) is 23.6. The number of aliphatic carboxylic acids is 1.